The summed E-state index contributed by atoms with van der Waals surface area (Å²) in [5, 5.41) is 1.44. The number of rotatable bonds is 1. The largest absolute Gasteiger partial charge is 0.480 e. The molecule has 13 heavy (non-hydrogen) atoms. The normalized spacial score (nSPS) is 10.7. The molecule has 0 unspecified atom stereocenters. The fraction of sp³-hybridized carbons (Fsp3) is 0.222. The van der Waals surface area contributed by atoms with Crippen molar-refractivity contribution in [2.75, 3.05) is 7.11 Å². The second-order valence-corrected chi connectivity index (χ2v) is 3.16. The van der Waals surface area contributed by atoms with Crippen molar-refractivity contribution in [3.63, 3.8) is 0 Å². The maximum Gasteiger partial charge on any atom is 0.224 e. The van der Waals surface area contributed by atoms with Crippen molar-refractivity contribution in [3.8, 4) is 5.88 Å². The van der Waals surface area contributed by atoms with Gasteiger partial charge in [-0.3, -0.25) is 0 Å². The van der Waals surface area contributed by atoms with Crippen molar-refractivity contribution in [2.45, 2.75) is 6.92 Å². The molecule has 0 spiro atoms. The highest BCUT2D eigenvalue weighted by atomic mass is 35.5. The van der Waals surface area contributed by atoms with Gasteiger partial charge in [0.2, 0.25) is 5.88 Å². The van der Waals surface area contributed by atoms with Crippen LogP contribution in [-0.4, -0.2) is 17.1 Å². The van der Waals surface area contributed by atoms with E-state index in [-0.39, 0.29) is 0 Å². The van der Waals surface area contributed by atoms with E-state index in [2.05, 4.69) is 9.97 Å². The molecule has 2 heterocycles. The van der Waals surface area contributed by atoms with Crippen LogP contribution in [0.1, 0.15) is 5.56 Å². The Kier molecular flexibility index (Phi) is 1.88. The van der Waals surface area contributed by atoms with Gasteiger partial charge >= 0.3 is 0 Å². The van der Waals surface area contributed by atoms with E-state index in [1.165, 1.54) is 0 Å². The highest BCUT2D eigenvalue weighted by Gasteiger charge is 2.09. The molecule has 3 nitrogen and oxygen atoms in total. The summed E-state index contributed by atoms with van der Waals surface area (Å²) in [6.07, 6.45) is 1.85. The molecule has 0 bridgehead atoms. The number of hydrogen-bond donors (Lipinski definition) is 1. The van der Waals surface area contributed by atoms with Gasteiger partial charge in [-0.1, -0.05) is 11.6 Å². The summed E-state index contributed by atoms with van der Waals surface area (Å²) in [7, 11) is 1.58. The number of H-pyrrole nitrogens is 1. The lowest BCUT2D eigenvalue weighted by Gasteiger charge is -2.04. The standard InChI is InChI=1S/C9H9ClN2O/c1-5-7-6(3-4-11-7)9(13-2)12-8(5)10/h3-4,11H,1-2H3. The van der Waals surface area contributed by atoms with Crippen LogP contribution in [-0.2, 0) is 0 Å². The number of fused-ring (bicyclic) bond motifs is 1. The number of nitrogens with one attached hydrogen (secondary N) is 1. The van der Waals surface area contributed by atoms with Gasteiger partial charge in [0.05, 0.1) is 18.0 Å². The van der Waals surface area contributed by atoms with E-state index in [9.17, 15) is 0 Å². The Labute approximate surface area is 80.7 Å². The van der Waals surface area contributed by atoms with Gasteiger partial charge in [0.1, 0.15) is 5.15 Å². The predicted molar refractivity (Wildman–Crippen MR) is 52.4 cm³/mol. The number of methoxy groups -OCH3 is 1. The van der Waals surface area contributed by atoms with Gasteiger partial charge in [0, 0.05) is 11.8 Å². The lowest BCUT2D eigenvalue weighted by atomic mass is 10.2. The van der Waals surface area contributed by atoms with Gasteiger partial charge in [-0.2, -0.15) is 0 Å². The molecular formula is C9H9ClN2O. The second-order valence-electron chi connectivity index (χ2n) is 2.80. The van der Waals surface area contributed by atoms with Crippen LogP contribution in [0.2, 0.25) is 5.15 Å². The summed E-state index contributed by atoms with van der Waals surface area (Å²) >= 11 is 5.92. The predicted octanol–water partition coefficient (Wildman–Crippen LogP) is 2.53. The van der Waals surface area contributed by atoms with E-state index in [1.54, 1.807) is 7.11 Å². The molecule has 0 aromatic carbocycles. The first-order chi connectivity index (χ1) is 6.24. The zero-order valence-electron chi connectivity index (χ0n) is 7.39. The number of aromatic nitrogens is 2. The molecule has 2 aromatic rings. The van der Waals surface area contributed by atoms with Gasteiger partial charge < -0.3 is 9.72 Å². The second kappa shape index (κ2) is 2.92. The fourth-order valence-electron chi connectivity index (χ4n) is 1.35. The third kappa shape index (κ3) is 1.16. The van der Waals surface area contributed by atoms with Crippen LogP contribution in [0.15, 0.2) is 12.3 Å². The van der Waals surface area contributed by atoms with Gasteiger partial charge in [0.25, 0.3) is 0 Å². The van der Waals surface area contributed by atoms with Crippen molar-refractivity contribution in [1.29, 1.82) is 0 Å². The third-order valence-electron chi connectivity index (χ3n) is 2.05. The van der Waals surface area contributed by atoms with Crippen molar-refractivity contribution < 1.29 is 4.74 Å². The number of ether oxygens (including phenoxy) is 1. The van der Waals surface area contributed by atoms with E-state index in [0.29, 0.717) is 11.0 Å². The Balaban J connectivity index is 2.87. The van der Waals surface area contributed by atoms with E-state index in [1.807, 2.05) is 19.2 Å². The van der Waals surface area contributed by atoms with Crippen LogP contribution in [0.3, 0.4) is 0 Å². The van der Waals surface area contributed by atoms with E-state index < -0.39 is 0 Å². The maximum absolute atomic E-state index is 5.92. The SMILES string of the molecule is COc1nc(Cl)c(C)c2[nH]ccc12. The Hall–Kier alpha value is -1.22. The monoisotopic (exact) mass is 196 g/mol. The lowest BCUT2D eigenvalue weighted by molar-refractivity contribution is 0.403. The van der Waals surface area contributed by atoms with Crippen LogP contribution < -0.4 is 4.74 Å². The van der Waals surface area contributed by atoms with Crippen LogP contribution in [0, 0.1) is 6.92 Å². The molecule has 0 aliphatic carbocycles. The number of hydrogen-bond acceptors (Lipinski definition) is 2. The minimum Gasteiger partial charge on any atom is -0.480 e. The van der Waals surface area contributed by atoms with Crippen LogP contribution in [0.4, 0.5) is 0 Å². The van der Waals surface area contributed by atoms with E-state index in [0.717, 1.165) is 16.5 Å². The van der Waals surface area contributed by atoms with Crippen LogP contribution in [0.25, 0.3) is 10.9 Å². The number of nitrogens with zero attached hydrogens (tertiary/aromatic N) is 1. The molecule has 0 fully saturated rings. The Morgan fingerprint density at radius 3 is 3.00 bits per heavy atom. The zero-order valence-corrected chi connectivity index (χ0v) is 8.14. The maximum atomic E-state index is 5.92. The highest BCUT2D eigenvalue weighted by molar-refractivity contribution is 6.31. The average Bonchev–Trinajstić information content (AvgIpc) is 2.60. The minimum atomic E-state index is 0.479. The molecule has 0 saturated heterocycles. The van der Waals surface area contributed by atoms with Crippen LogP contribution >= 0.6 is 11.6 Å². The first-order valence-corrected chi connectivity index (χ1v) is 4.29. The summed E-state index contributed by atoms with van der Waals surface area (Å²) in [6.45, 7) is 1.92. The molecule has 0 amide bonds. The van der Waals surface area contributed by atoms with Gasteiger partial charge in [-0.25, -0.2) is 4.98 Å². The van der Waals surface area contributed by atoms with Gasteiger partial charge in [-0.15, -0.1) is 0 Å². The molecule has 2 aromatic heterocycles. The Bertz CT molecular complexity index is 450. The first kappa shape index (κ1) is 8.38. The van der Waals surface area contributed by atoms with Gasteiger partial charge in [0.15, 0.2) is 0 Å². The van der Waals surface area contributed by atoms with E-state index in [4.69, 9.17) is 16.3 Å². The number of aromatic amines is 1. The molecule has 0 atom stereocenters. The summed E-state index contributed by atoms with van der Waals surface area (Å²) in [5.41, 5.74) is 1.93. The molecule has 2 rings (SSSR count). The molecule has 4 heteroatoms. The topological polar surface area (TPSA) is 37.9 Å². The van der Waals surface area contributed by atoms with Crippen molar-refractivity contribution >= 4 is 22.5 Å². The zero-order chi connectivity index (χ0) is 9.42. The lowest BCUT2D eigenvalue weighted by Crippen LogP contribution is -1.91. The number of halogens is 1. The minimum absolute atomic E-state index is 0.479. The molecule has 1 N–H and O–H groups in total. The summed E-state index contributed by atoms with van der Waals surface area (Å²) < 4.78 is 5.11. The average molecular weight is 197 g/mol. The number of pyridine rings is 1. The third-order valence-corrected chi connectivity index (χ3v) is 2.42. The van der Waals surface area contributed by atoms with Crippen molar-refractivity contribution in [2.24, 2.45) is 0 Å². The summed E-state index contributed by atoms with van der Waals surface area (Å²) in [5.74, 6) is 0.562. The van der Waals surface area contributed by atoms with Crippen molar-refractivity contribution in [1.82, 2.24) is 9.97 Å². The molecule has 0 aliphatic heterocycles. The quantitative estimate of drug-likeness (QED) is 0.712. The Morgan fingerprint density at radius 1 is 1.54 bits per heavy atom. The Morgan fingerprint density at radius 2 is 2.31 bits per heavy atom. The fourth-order valence-corrected chi connectivity index (χ4v) is 1.52. The smallest absolute Gasteiger partial charge is 0.224 e. The molecule has 0 aliphatic rings. The molecule has 0 radical (unpaired) electrons. The highest BCUT2D eigenvalue weighted by Crippen LogP contribution is 2.29. The molecule has 68 valence electrons. The van der Waals surface area contributed by atoms with Crippen LogP contribution in [0.5, 0.6) is 5.88 Å². The van der Waals surface area contributed by atoms with Gasteiger partial charge in [-0.05, 0) is 13.0 Å². The van der Waals surface area contributed by atoms with Crippen molar-refractivity contribution in [3.05, 3.63) is 23.0 Å². The first-order valence-electron chi connectivity index (χ1n) is 3.91. The summed E-state index contributed by atoms with van der Waals surface area (Å²) in [6, 6.07) is 1.92. The molecular weight excluding hydrogens is 188 g/mol. The van der Waals surface area contributed by atoms with E-state index >= 15 is 0 Å². The number of aryl methyl sites for hydroxylation is 1. The summed E-state index contributed by atoms with van der Waals surface area (Å²) in [4.78, 5) is 7.21. The molecule has 0 saturated carbocycles.